The quantitative estimate of drug-likeness (QED) is 0.779. The molecular formula is C15H20N6O3. The van der Waals surface area contributed by atoms with Gasteiger partial charge in [-0.1, -0.05) is 5.16 Å². The third-order valence-electron chi connectivity index (χ3n) is 3.82. The molecule has 2 heterocycles. The van der Waals surface area contributed by atoms with E-state index in [-0.39, 0.29) is 11.9 Å². The Morgan fingerprint density at radius 2 is 2.12 bits per heavy atom. The molecule has 9 heteroatoms. The zero-order valence-electron chi connectivity index (χ0n) is 13.5. The van der Waals surface area contributed by atoms with Gasteiger partial charge < -0.3 is 20.3 Å². The molecule has 1 aliphatic carbocycles. The first-order valence-electron chi connectivity index (χ1n) is 7.91. The Hall–Kier alpha value is -2.55. The van der Waals surface area contributed by atoms with Gasteiger partial charge in [0.15, 0.2) is 5.82 Å². The summed E-state index contributed by atoms with van der Waals surface area (Å²) in [6.45, 7) is 0.661. The average Bonchev–Trinajstić information content (AvgIpc) is 3.01. The third kappa shape index (κ3) is 3.67. The van der Waals surface area contributed by atoms with Gasteiger partial charge in [0.1, 0.15) is 12.3 Å². The maximum absolute atomic E-state index is 12.4. The van der Waals surface area contributed by atoms with Gasteiger partial charge in [0.2, 0.25) is 11.8 Å². The van der Waals surface area contributed by atoms with Crippen molar-refractivity contribution >= 4 is 11.9 Å². The number of nitrogen functional groups attached to an aromatic ring is 1. The van der Waals surface area contributed by atoms with E-state index in [2.05, 4.69) is 25.4 Å². The third-order valence-corrected chi connectivity index (χ3v) is 3.82. The van der Waals surface area contributed by atoms with E-state index in [0.29, 0.717) is 37.0 Å². The minimum Gasteiger partial charge on any atom is -0.377 e. The highest BCUT2D eigenvalue weighted by atomic mass is 16.5. The summed E-state index contributed by atoms with van der Waals surface area (Å²) in [4.78, 5) is 25.0. The molecule has 0 saturated heterocycles. The highest BCUT2D eigenvalue weighted by Crippen LogP contribution is 2.22. The standard InChI is InChI=1S/C15H20N6O3/c1-23-8-11-19-12(24-21-11)6-7-17-14(22)13-9-4-2-3-5-10(9)18-15(16)20-13/h2-8H2,1H3,(H,17,22)(H2,16,18,20). The maximum Gasteiger partial charge on any atom is 0.270 e. The van der Waals surface area contributed by atoms with Crippen LogP contribution in [0, 0.1) is 0 Å². The molecule has 0 atom stereocenters. The topological polar surface area (TPSA) is 129 Å². The first-order valence-corrected chi connectivity index (χ1v) is 7.91. The second-order valence-electron chi connectivity index (χ2n) is 5.61. The summed E-state index contributed by atoms with van der Waals surface area (Å²) >= 11 is 0. The molecule has 2 aromatic heterocycles. The van der Waals surface area contributed by atoms with Crippen molar-refractivity contribution < 1.29 is 14.1 Å². The summed E-state index contributed by atoms with van der Waals surface area (Å²) < 4.78 is 10.0. The van der Waals surface area contributed by atoms with Crippen LogP contribution in [-0.4, -0.2) is 39.7 Å². The number of nitrogens with zero attached hydrogens (tertiary/aromatic N) is 4. The van der Waals surface area contributed by atoms with E-state index in [0.717, 1.165) is 36.9 Å². The van der Waals surface area contributed by atoms with Crippen LogP contribution in [0.15, 0.2) is 4.52 Å². The number of amides is 1. The molecule has 9 nitrogen and oxygen atoms in total. The minimum absolute atomic E-state index is 0.141. The molecule has 1 aliphatic rings. The number of rotatable bonds is 6. The molecule has 128 valence electrons. The van der Waals surface area contributed by atoms with Crippen molar-refractivity contribution in [2.75, 3.05) is 19.4 Å². The van der Waals surface area contributed by atoms with Crippen molar-refractivity contribution in [3.8, 4) is 0 Å². The van der Waals surface area contributed by atoms with Crippen LogP contribution in [0.25, 0.3) is 0 Å². The summed E-state index contributed by atoms with van der Waals surface area (Å²) in [7, 11) is 1.56. The van der Waals surface area contributed by atoms with Crippen LogP contribution in [0.4, 0.5) is 5.95 Å². The molecule has 0 spiro atoms. The second kappa shape index (κ2) is 7.35. The SMILES string of the molecule is COCc1noc(CCNC(=O)c2nc(N)nc3c2CCCC3)n1. The summed E-state index contributed by atoms with van der Waals surface area (Å²) in [5, 5.41) is 6.59. The van der Waals surface area contributed by atoms with E-state index in [1.807, 2.05) is 0 Å². The first kappa shape index (κ1) is 16.3. The van der Waals surface area contributed by atoms with Crippen LogP contribution >= 0.6 is 0 Å². The van der Waals surface area contributed by atoms with E-state index in [4.69, 9.17) is 15.0 Å². The fraction of sp³-hybridized carbons (Fsp3) is 0.533. The van der Waals surface area contributed by atoms with Gasteiger partial charge in [-0.05, 0) is 25.7 Å². The number of nitrogens with one attached hydrogen (secondary N) is 1. The van der Waals surface area contributed by atoms with E-state index >= 15 is 0 Å². The molecule has 24 heavy (non-hydrogen) atoms. The van der Waals surface area contributed by atoms with Gasteiger partial charge in [-0.25, -0.2) is 9.97 Å². The van der Waals surface area contributed by atoms with Crippen LogP contribution in [0.1, 0.15) is 46.3 Å². The number of hydrogen-bond donors (Lipinski definition) is 2. The predicted molar refractivity (Wildman–Crippen MR) is 84.1 cm³/mol. The van der Waals surface area contributed by atoms with Crippen molar-refractivity contribution in [1.82, 2.24) is 25.4 Å². The number of carbonyl (C=O) groups is 1. The Kier molecular flexibility index (Phi) is 4.99. The number of aromatic nitrogens is 4. The predicted octanol–water partition coefficient (Wildman–Crippen LogP) is 0.440. The molecular weight excluding hydrogens is 312 g/mol. The summed E-state index contributed by atoms with van der Waals surface area (Å²) in [5.41, 5.74) is 7.90. The van der Waals surface area contributed by atoms with Crippen LogP contribution < -0.4 is 11.1 Å². The average molecular weight is 332 g/mol. The zero-order chi connectivity index (χ0) is 16.9. The molecule has 0 fully saturated rings. The first-order chi connectivity index (χ1) is 11.7. The van der Waals surface area contributed by atoms with Crippen molar-refractivity contribution in [1.29, 1.82) is 0 Å². The van der Waals surface area contributed by atoms with Gasteiger partial charge in [0, 0.05) is 31.3 Å². The molecule has 3 rings (SSSR count). The number of aryl methyl sites for hydroxylation is 1. The van der Waals surface area contributed by atoms with Crippen LogP contribution in [-0.2, 0) is 30.6 Å². The zero-order valence-corrected chi connectivity index (χ0v) is 13.5. The van der Waals surface area contributed by atoms with E-state index < -0.39 is 0 Å². The van der Waals surface area contributed by atoms with E-state index in [1.54, 1.807) is 7.11 Å². The Morgan fingerprint density at radius 3 is 2.96 bits per heavy atom. The van der Waals surface area contributed by atoms with Crippen LogP contribution in [0.3, 0.4) is 0 Å². The highest BCUT2D eigenvalue weighted by molar-refractivity contribution is 5.94. The Bertz CT molecular complexity index is 730. The number of nitrogens with two attached hydrogens (primary N) is 1. The van der Waals surface area contributed by atoms with E-state index in [1.165, 1.54) is 0 Å². The van der Waals surface area contributed by atoms with Gasteiger partial charge in [0.05, 0.1) is 0 Å². The lowest BCUT2D eigenvalue weighted by Gasteiger charge is -2.17. The number of carbonyl (C=O) groups excluding carboxylic acids is 1. The second-order valence-corrected chi connectivity index (χ2v) is 5.61. The Balaban J connectivity index is 1.61. The largest absolute Gasteiger partial charge is 0.377 e. The number of methoxy groups -OCH3 is 1. The van der Waals surface area contributed by atoms with Gasteiger partial charge in [-0.15, -0.1) is 0 Å². The molecule has 1 amide bonds. The van der Waals surface area contributed by atoms with E-state index in [9.17, 15) is 4.79 Å². The molecule has 0 saturated carbocycles. The lowest BCUT2D eigenvalue weighted by Crippen LogP contribution is -2.29. The molecule has 0 radical (unpaired) electrons. The Morgan fingerprint density at radius 1 is 1.29 bits per heavy atom. The van der Waals surface area contributed by atoms with Gasteiger partial charge in [-0.2, -0.15) is 4.98 Å². The molecule has 2 aromatic rings. The molecule has 0 aliphatic heterocycles. The number of anilines is 1. The highest BCUT2D eigenvalue weighted by Gasteiger charge is 2.21. The van der Waals surface area contributed by atoms with Crippen LogP contribution in [0.2, 0.25) is 0 Å². The smallest absolute Gasteiger partial charge is 0.270 e. The Labute approximate surface area is 139 Å². The summed E-state index contributed by atoms with van der Waals surface area (Å²) in [5.74, 6) is 0.823. The number of ether oxygens (including phenoxy) is 1. The molecule has 0 unspecified atom stereocenters. The monoisotopic (exact) mass is 332 g/mol. The van der Waals surface area contributed by atoms with Gasteiger partial charge in [0.25, 0.3) is 5.91 Å². The van der Waals surface area contributed by atoms with Gasteiger partial charge >= 0.3 is 0 Å². The maximum atomic E-state index is 12.4. The summed E-state index contributed by atoms with van der Waals surface area (Å²) in [6.07, 6.45) is 4.18. The van der Waals surface area contributed by atoms with Crippen molar-refractivity contribution in [2.24, 2.45) is 0 Å². The van der Waals surface area contributed by atoms with Crippen molar-refractivity contribution in [3.63, 3.8) is 0 Å². The van der Waals surface area contributed by atoms with Gasteiger partial charge in [-0.3, -0.25) is 4.79 Å². The van der Waals surface area contributed by atoms with Crippen molar-refractivity contribution in [2.45, 2.75) is 38.7 Å². The lowest BCUT2D eigenvalue weighted by molar-refractivity contribution is 0.0947. The molecule has 0 bridgehead atoms. The number of hydrogen-bond acceptors (Lipinski definition) is 8. The molecule has 3 N–H and O–H groups in total. The fourth-order valence-electron chi connectivity index (χ4n) is 2.75. The minimum atomic E-state index is -0.251. The number of fused-ring (bicyclic) bond motifs is 1. The molecule has 0 aromatic carbocycles. The van der Waals surface area contributed by atoms with Crippen molar-refractivity contribution in [3.05, 3.63) is 28.7 Å². The summed E-state index contributed by atoms with van der Waals surface area (Å²) in [6, 6.07) is 0. The normalized spacial score (nSPS) is 13.5. The lowest BCUT2D eigenvalue weighted by atomic mass is 9.94. The fourth-order valence-corrected chi connectivity index (χ4v) is 2.75. The van der Waals surface area contributed by atoms with Crippen LogP contribution in [0.5, 0.6) is 0 Å².